The van der Waals surface area contributed by atoms with E-state index >= 15 is 0 Å². The number of hydrogen-bond donors (Lipinski definition) is 8. The Balaban J connectivity index is 2.54. The summed E-state index contributed by atoms with van der Waals surface area (Å²) in [6.45, 7) is 3.36. The van der Waals surface area contributed by atoms with Crippen LogP contribution in [0.2, 0.25) is 0 Å². The molecule has 1 fully saturated rings. The summed E-state index contributed by atoms with van der Waals surface area (Å²) in [5.74, 6) is -0.719. The third kappa shape index (κ3) is 24.7. The van der Waals surface area contributed by atoms with Gasteiger partial charge in [-0.15, -0.1) is 0 Å². The first-order valence-electron chi connectivity index (χ1n) is 21.9. The van der Waals surface area contributed by atoms with E-state index in [1.807, 2.05) is 0 Å². The normalized spacial score (nSPS) is 22.8. The van der Waals surface area contributed by atoms with Gasteiger partial charge in [0.05, 0.1) is 25.4 Å². The van der Waals surface area contributed by atoms with Crippen molar-refractivity contribution in [2.75, 3.05) is 13.2 Å². The average Bonchev–Trinajstić information content (AvgIpc) is 3.18. The van der Waals surface area contributed by atoms with Crippen LogP contribution in [-0.2, 0) is 14.3 Å². The molecule has 0 aliphatic carbocycles. The fraction of sp³-hybridized carbons (Fsp3) is 0.841. The van der Waals surface area contributed by atoms with Crippen LogP contribution in [-0.4, -0.2) is 110 Å². The van der Waals surface area contributed by atoms with Gasteiger partial charge in [-0.25, -0.2) is 0 Å². The molecule has 0 aromatic rings. The third-order valence-electron chi connectivity index (χ3n) is 10.4. The van der Waals surface area contributed by atoms with Crippen LogP contribution in [0.15, 0.2) is 36.5 Å². The van der Waals surface area contributed by atoms with Crippen molar-refractivity contribution in [1.82, 2.24) is 5.32 Å². The summed E-state index contributed by atoms with van der Waals surface area (Å²) in [6, 6.07) is -1.19. The van der Waals surface area contributed by atoms with Crippen LogP contribution in [0.25, 0.3) is 0 Å². The van der Waals surface area contributed by atoms with Gasteiger partial charge in [-0.05, 0) is 77.0 Å². The molecule has 1 aliphatic heterocycles. The molecular weight excluding hydrogens is 702 g/mol. The van der Waals surface area contributed by atoms with E-state index in [1.165, 1.54) is 57.8 Å². The molecule has 1 aliphatic rings. The van der Waals surface area contributed by atoms with E-state index in [-0.39, 0.29) is 12.8 Å². The van der Waals surface area contributed by atoms with Gasteiger partial charge < -0.3 is 50.5 Å². The number of nitrogens with one attached hydrogen (secondary N) is 1. The molecule has 9 unspecified atom stereocenters. The van der Waals surface area contributed by atoms with Crippen molar-refractivity contribution in [3.63, 3.8) is 0 Å². The molecule has 1 heterocycles. The fourth-order valence-electron chi connectivity index (χ4n) is 6.68. The van der Waals surface area contributed by atoms with Crippen LogP contribution in [0.3, 0.4) is 0 Å². The lowest BCUT2D eigenvalue weighted by atomic mass is 9.98. The first-order valence-corrected chi connectivity index (χ1v) is 21.9. The van der Waals surface area contributed by atoms with E-state index in [2.05, 4.69) is 55.6 Å². The number of rotatable bonds is 35. The zero-order valence-corrected chi connectivity index (χ0v) is 34.4. The lowest BCUT2D eigenvalue weighted by Crippen LogP contribution is -2.60. The van der Waals surface area contributed by atoms with Crippen molar-refractivity contribution in [1.29, 1.82) is 0 Å². The third-order valence-corrected chi connectivity index (χ3v) is 10.4. The predicted octanol–water partition coefficient (Wildman–Crippen LogP) is 6.44. The first kappa shape index (κ1) is 51.3. The number of unbranched alkanes of at least 4 members (excludes halogenated alkanes) is 17. The molecule has 0 bridgehead atoms. The highest BCUT2D eigenvalue weighted by atomic mass is 16.7. The minimum atomic E-state index is -1.67. The van der Waals surface area contributed by atoms with E-state index in [9.17, 15) is 40.5 Å². The Hall–Kier alpha value is -1.67. The zero-order valence-electron chi connectivity index (χ0n) is 34.4. The molecule has 11 nitrogen and oxygen atoms in total. The van der Waals surface area contributed by atoms with E-state index in [4.69, 9.17) is 9.47 Å². The Bertz CT molecular complexity index is 992. The second-order valence-electron chi connectivity index (χ2n) is 15.4. The van der Waals surface area contributed by atoms with Crippen LogP contribution >= 0.6 is 0 Å². The molecule has 0 radical (unpaired) electrons. The largest absolute Gasteiger partial charge is 0.394 e. The monoisotopic (exact) mass is 784 g/mol. The smallest absolute Gasteiger partial charge is 0.249 e. The highest BCUT2D eigenvalue weighted by molar-refractivity contribution is 5.80. The molecular formula is C44H81NO10. The minimum Gasteiger partial charge on any atom is -0.394 e. The van der Waals surface area contributed by atoms with Crippen molar-refractivity contribution >= 4 is 5.91 Å². The summed E-state index contributed by atoms with van der Waals surface area (Å²) in [5.41, 5.74) is 0. The number of amides is 1. The first-order chi connectivity index (χ1) is 26.7. The maximum Gasteiger partial charge on any atom is 0.249 e. The Labute approximate surface area is 333 Å². The Morgan fingerprint density at radius 2 is 1.09 bits per heavy atom. The lowest BCUT2D eigenvalue weighted by Gasteiger charge is -2.40. The summed E-state index contributed by atoms with van der Waals surface area (Å²) >= 11 is 0. The summed E-state index contributed by atoms with van der Waals surface area (Å²) in [6.07, 6.45) is 26.2. The Morgan fingerprint density at radius 1 is 0.618 bits per heavy atom. The molecule has 0 saturated carbocycles. The standard InChI is InChI=1S/C44H81NO10/c1-3-5-7-9-11-13-15-17-19-21-23-25-27-29-31-36(47)39(49)35(34-54-44-42(52)41(51)40(50)38(33-46)55-44)45-43(53)37(48)32-30-28-26-24-22-20-18-16-14-12-10-8-6-4-2/h14-17,23,25,35-42,44,46-52H,3-13,18-22,24,26-34H2,1-2H3,(H,45,53)/b16-14-,17-15+,25-23+. The SMILES string of the molecule is CCCCCC/C=C\CCCCCCCCC(O)C(=O)NC(COC1OC(CO)C(O)C(O)C1O)C(O)C(O)CCC/C=C/CC/C=C/CCCCCCC. The molecule has 1 saturated heterocycles. The minimum absolute atomic E-state index is 0.243. The Morgan fingerprint density at radius 3 is 1.64 bits per heavy atom. The molecule has 1 amide bonds. The molecule has 9 atom stereocenters. The van der Waals surface area contributed by atoms with Crippen LogP contribution < -0.4 is 5.32 Å². The molecule has 0 aromatic heterocycles. The van der Waals surface area contributed by atoms with Gasteiger partial charge in [-0.1, -0.05) is 127 Å². The quantitative estimate of drug-likeness (QED) is 0.0262. The van der Waals surface area contributed by atoms with Crippen molar-refractivity contribution in [2.24, 2.45) is 0 Å². The van der Waals surface area contributed by atoms with E-state index < -0.39 is 74.2 Å². The molecule has 1 rings (SSSR count). The average molecular weight is 784 g/mol. The zero-order chi connectivity index (χ0) is 40.5. The predicted molar refractivity (Wildman–Crippen MR) is 219 cm³/mol. The summed E-state index contributed by atoms with van der Waals surface area (Å²) in [4.78, 5) is 13.0. The number of allylic oxidation sites excluding steroid dienone is 6. The summed E-state index contributed by atoms with van der Waals surface area (Å²) in [7, 11) is 0. The van der Waals surface area contributed by atoms with E-state index in [0.29, 0.717) is 19.3 Å². The number of hydrogen-bond acceptors (Lipinski definition) is 10. The number of carbonyl (C=O) groups is 1. The van der Waals surface area contributed by atoms with E-state index in [1.54, 1.807) is 0 Å². The molecule has 8 N–H and O–H groups in total. The summed E-state index contributed by atoms with van der Waals surface area (Å²) in [5, 5.41) is 75.4. The van der Waals surface area contributed by atoms with Gasteiger partial charge in [0.1, 0.15) is 36.6 Å². The fourth-order valence-corrected chi connectivity index (χ4v) is 6.68. The molecule has 322 valence electrons. The molecule has 0 spiro atoms. The Kier molecular flexibility index (Phi) is 32.1. The molecule has 55 heavy (non-hydrogen) atoms. The maximum atomic E-state index is 13.0. The maximum absolute atomic E-state index is 13.0. The van der Waals surface area contributed by atoms with Crippen LogP contribution in [0.4, 0.5) is 0 Å². The highest BCUT2D eigenvalue weighted by Crippen LogP contribution is 2.23. The van der Waals surface area contributed by atoms with Gasteiger partial charge in [0.15, 0.2) is 6.29 Å². The number of ether oxygens (including phenoxy) is 2. The number of aliphatic hydroxyl groups is 7. The molecule has 11 heteroatoms. The van der Waals surface area contributed by atoms with Gasteiger partial charge in [-0.2, -0.15) is 0 Å². The second-order valence-corrected chi connectivity index (χ2v) is 15.4. The topological polar surface area (TPSA) is 189 Å². The van der Waals surface area contributed by atoms with Crippen molar-refractivity contribution < 1.29 is 50.0 Å². The van der Waals surface area contributed by atoms with Crippen LogP contribution in [0.1, 0.15) is 168 Å². The number of aliphatic hydroxyl groups excluding tert-OH is 7. The van der Waals surface area contributed by atoms with Crippen LogP contribution in [0, 0.1) is 0 Å². The number of carbonyl (C=O) groups excluding carboxylic acids is 1. The van der Waals surface area contributed by atoms with E-state index in [0.717, 1.165) is 64.2 Å². The second kappa shape index (κ2) is 34.4. The van der Waals surface area contributed by atoms with Gasteiger partial charge in [0.25, 0.3) is 0 Å². The van der Waals surface area contributed by atoms with Gasteiger partial charge in [-0.3, -0.25) is 4.79 Å². The lowest BCUT2D eigenvalue weighted by molar-refractivity contribution is -0.303. The highest BCUT2D eigenvalue weighted by Gasteiger charge is 2.44. The van der Waals surface area contributed by atoms with Gasteiger partial charge in [0.2, 0.25) is 5.91 Å². The van der Waals surface area contributed by atoms with Crippen molar-refractivity contribution in [3.8, 4) is 0 Å². The van der Waals surface area contributed by atoms with Crippen molar-refractivity contribution in [2.45, 2.75) is 223 Å². The molecule has 0 aromatic carbocycles. The van der Waals surface area contributed by atoms with Crippen LogP contribution in [0.5, 0.6) is 0 Å². The van der Waals surface area contributed by atoms with Gasteiger partial charge in [0, 0.05) is 0 Å². The van der Waals surface area contributed by atoms with Gasteiger partial charge >= 0.3 is 0 Å². The summed E-state index contributed by atoms with van der Waals surface area (Å²) < 4.78 is 11.0. The van der Waals surface area contributed by atoms with Crippen molar-refractivity contribution in [3.05, 3.63) is 36.5 Å².